The van der Waals surface area contributed by atoms with E-state index in [1.807, 2.05) is 49.3 Å². The van der Waals surface area contributed by atoms with Gasteiger partial charge in [0.05, 0.1) is 28.6 Å². The monoisotopic (exact) mass is 590 g/mol. The molecule has 4 heterocycles. The van der Waals surface area contributed by atoms with Crippen molar-refractivity contribution >= 4 is 33.5 Å². The van der Waals surface area contributed by atoms with E-state index in [4.69, 9.17) is 9.72 Å². The molecular formula is C33H31FN8O2. The summed E-state index contributed by atoms with van der Waals surface area (Å²) in [4.78, 5) is 31.6. The first-order valence-corrected chi connectivity index (χ1v) is 14.6. The van der Waals surface area contributed by atoms with Gasteiger partial charge in [0, 0.05) is 47.4 Å². The quantitative estimate of drug-likeness (QED) is 0.187. The largest absolute Gasteiger partial charge is 0.492 e. The number of amides is 1. The molecule has 1 aliphatic rings. The molecular weight excluding hydrogens is 559 g/mol. The van der Waals surface area contributed by atoms with Crippen molar-refractivity contribution in [1.82, 2.24) is 35.0 Å². The van der Waals surface area contributed by atoms with Gasteiger partial charge in [-0.15, -0.1) is 0 Å². The van der Waals surface area contributed by atoms with Gasteiger partial charge in [0.1, 0.15) is 29.4 Å². The molecule has 0 aliphatic heterocycles. The van der Waals surface area contributed by atoms with Crippen molar-refractivity contribution in [3.63, 3.8) is 0 Å². The van der Waals surface area contributed by atoms with Crippen molar-refractivity contribution in [3.05, 3.63) is 72.9 Å². The van der Waals surface area contributed by atoms with Gasteiger partial charge >= 0.3 is 0 Å². The number of H-pyrrole nitrogens is 2. The second-order valence-electron chi connectivity index (χ2n) is 11.4. The molecule has 44 heavy (non-hydrogen) atoms. The van der Waals surface area contributed by atoms with E-state index in [0.29, 0.717) is 52.9 Å². The number of pyridine rings is 2. The van der Waals surface area contributed by atoms with Crippen molar-refractivity contribution in [1.29, 1.82) is 0 Å². The van der Waals surface area contributed by atoms with Gasteiger partial charge < -0.3 is 19.9 Å². The van der Waals surface area contributed by atoms with Gasteiger partial charge in [-0.3, -0.25) is 19.9 Å². The number of nitrogens with zero attached hydrogens (tertiary/aromatic N) is 5. The number of nitrogens with one attached hydrogen (secondary N) is 3. The van der Waals surface area contributed by atoms with Crippen LogP contribution in [0.4, 0.5) is 10.1 Å². The van der Waals surface area contributed by atoms with Crippen molar-refractivity contribution in [2.24, 2.45) is 5.92 Å². The highest BCUT2D eigenvalue weighted by atomic mass is 19.1. The van der Waals surface area contributed by atoms with Gasteiger partial charge in [0.25, 0.3) is 0 Å². The highest BCUT2D eigenvalue weighted by Gasteiger charge is 2.25. The molecule has 0 unspecified atom stereocenters. The molecule has 0 radical (unpaired) electrons. The number of ether oxygens (including phenoxy) is 1. The minimum atomic E-state index is -0.413. The van der Waals surface area contributed by atoms with E-state index in [0.717, 1.165) is 46.8 Å². The number of halogens is 1. The topological polar surface area (TPSA) is 125 Å². The summed E-state index contributed by atoms with van der Waals surface area (Å²) in [6, 6.07) is 14.3. The minimum absolute atomic E-state index is 0.0489. The van der Waals surface area contributed by atoms with Crippen LogP contribution in [0, 0.1) is 11.7 Å². The van der Waals surface area contributed by atoms with Crippen LogP contribution in [0.15, 0.2) is 67.1 Å². The molecule has 6 aromatic rings. The number of hydrogen-bond donors (Lipinski definition) is 3. The maximum atomic E-state index is 14.6. The smallest absolute Gasteiger partial charge is 0.227 e. The van der Waals surface area contributed by atoms with Crippen LogP contribution >= 0.6 is 0 Å². The van der Waals surface area contributed by atoms with Crippen molar-refractivity contribution in [3.8, 4) is 39.7 Å². The number of carbonyl (C=O) groups excluding carboxylic acids is 1. The highest BCUT2D eigenvalue weighted by Crippen LogP contribution is 2.34. The summed E-state index contributed by atoms with van der Waals surface area (Å²) in [5, 5.41) is 11.5. The average Bonchev–Trinajstić information content (AvgIpc) is 3.59. The van der Waals surface area contributed by atoms with E-state index in [1.54, 1.807) is 24.7 Å². The fraction of sp³-hybridized carbons (Fsp3) is 0.242. The van der Waals surface area contributed by atoms with Crippen LogP contribution in [0.25, 0.3) is 55.8 Å². The number of imidazole rings is 1. The molecule has 1 saturated carbocycles. The summed E-state index contributed by atoms with van der Waals surface area (Å²) < 4.78 is 20.4. The fourth-order valence-corrected chi connectivity index (χ4v) is 5.34. The number of hydrogen-bond acceptors (Lipinski definition) is 7. The molecule has 7 rings (SSSR count). The molecule has 10 nitrogen and oxygen atoms in total. The standard InChI is InChI=1S/C33H31FN8O2/c1-42(2)10-11-44-25-14-21(12-23(34)16-25)29-31-28(8-9-36-29)38-32(39-31)30-26-15-20(6-7-27(26)40-41-30)22-13-24(18-35-17-22)37-33(43)19-4-3-5-19/h6-9,12-19H,3-5,10-11H2,1-2H3,(H,37,43)(H,38,39)(H,40,41). The molecule has 1 amide bonds. The predicted octanol–water partition coefficient (Wildman–Crippen LogP) is 6.05. The molecule has 1 aliphatic carbocycles. The van der Waals surface area contributed by atoms with Gasteiger partial charge in [0.2, 0.25) is 5.91 Å². The molecule has 0 atom stereocenters. The van der Waals surface area contributed by atoms with Crippen molar-refractivity contribution in [2.75, 3.05) is 32.6 Å². The second kappa shape index (κ2) is 11.5. The van der Waals surface area contributed by atoms with Gasteiger partial charge in [-0.2, -0.15) is 5.10 Å². The number of likely N-dealkylation sites (N-methyl/N-ethyl adjacent to an activating group) is 1. The van der Waals surface area contributed by atoms with Gasteiger partial charge in [-0.25, -0.2) is 9.37 Å². The molecule has 0 bridgehead atoms. The van der Waals surface area contributed by atoms with Crippen molar-refractivity contribution < 1.29 is 13.9 Å². The highest BCUT2D eigenvalue weighted by molar-refractivity contribution is 5.98. The van der Waals surface area contributed by atoms with Gasteiger partial charge in [0.15, 0.2) is 5.82 Å². The predicted molar refractivity (Wildman–Crippen MR) is 168 cm³/mol. The summed E-state index contributed by atoms with van der Waals surface area (Å²) in [7, 11) is 3.91. The lowest BCUT2D eigenvalue weighted by molar-refractivity contribution is -0.122. The van der Waals surface area contributed by atoms with Crippen LogP contribution in [-0.2, 0) is 4.79 Å². The zero-order valence-electron chi connectivity index (χ0n) is 24.4. The zero-order chi connectivity index (χ0) is 30.2. The van der Waals surface area contributed by atoms with Crippen LogP contribution < -0.4 is 10.1 Å². The van der Waals surface area contributed by atoms with E-state index < -0.39 is 5.82 Å². The van der Waals surface area contributed by atoms with E-state index in [2.05, 4.69) is 30.5 Å². The Bertz CT molecular complexity index is 2000. The third-order valence-corrected chi connectivity index (χ3v) is 7.96. The molecule has 0 saturated heterocycles. The fourth-order valence-electron chi connectivity index (χ4n) is 5.34. The summed E-state index contributed by atoms with van der Waals surface area (Å²) in [6.45, 7) is 1.14. The number of carbonyl (C=O) groups is 1. The molecule has 3 N–H and O–H groups in total. The second-order valence-corrected chi connectivity index (χ2v) is 11.4. The molecule has 2 aromatic carbocycles. The first kappa shape index (κ1) is 27.7. The van der Waals surface area contributed by atoms with Gasteiger partial charge in [-0.1, -0.05) is 12.5 Å². The summed E-state index contributed by atoms with van der Waals surface area (Å²) in [5.41, 5.74) is 6.40. The minimum Gasteiger partial charge on any atom is -0.492 e. The molecule has 1 fully saturated rings. The van der Waals surface area contributed by atoms with E-state index in [1.165, 1.54) is 12.1 Å². The molecule has 0 spiro atoms. The SMILES string of the molecule is CN(C)CCOc1cc(F)cc(-c2nccc3[nH]c(-c4n[nH]c5ccc(-c6cncc(NC(=O)C7CCC7)c6)cc45)nc23)c1. The summed E-state index contributed by atoms with van der Waals surface area (Å²) in [6.07, 6.45) is 8.09. The van der Waals surface area contributed by atoms with Crippen LogP contribution in [0.2, 0.25) is 0 Å². The zero-order valence-corrected chi connectivity index (χ0v) is 24.4. The number of fused-ring (bicyclic) bond motifs is 2. The Labute approximate surface area is 252 Å². The Morgan fingerprint density at radius 3 is 2.73 bits per heavy atom. The molecule has 11 heteroatoms. The van der Waals surface area contributed by atoms with Crippen LogP contribution in [0.1, 0.15) is 19.3 Å². The Morgan fingerprint density at radius 1 is 1.02 bits per heavy atom. The van der Waals surface area contributed by atoms with E-state index in [9.17, 15) is 9.18 Å². The first-order chi connectivity index (χ1) is 21.4. The van der Waals surface area contributed by atoms with Crippen molar-refractivity contribution in [2.45, 2.75) is 19.3 Å². The van der Waals surface area contributed by atoms with Crippen LogP contribution in [0.3, 0.4) is 0 Å². The third-order valence-electron chi connectivity index (χ3n) is 7.96. The van der Waals surface area contributed by atoms with Crippen LogP contribution in [-0.4, -0.2) is 68.2 Å². The number of anilines is 1. The average molecular weight is 591 g/mol. The molecule has 222 valence electrons. The number of benzene rings is 2. The Morgan fingerprint density at radius 2 is 1.91 bits per heavy atom. The van der Waals surface area contributed by atoms with Crippen LogP contribution in [0.5, 0.6) is 5.75 Å². The Hall–Kier alpha value is -5.16. The normalized spacial score (nSPS) is 13.5. The lowest BCUT2D eigenvalue weighted by atomic mass is 9.85. The van der Waals surface area contributed by atoms with E-state index in [-0.39, 0.29) is 11.8 Å². The maximum Gasteiger partial charge on any atom is 0.227 e. The summed E-state index contributed by atoms with van der Waals surface area (Å²) >= 11 is 0. The Kier molecular flexibility index (Phi) is 7.23. The molecule has 4 aromatic heterocycles. The number of rotatable bonds is 9. The van der Waals surface area contributed by atoms with Gasteiger partial charge in [-0.05, 0) is 68.9 Å². The number of aromatic nitrogens is 6. The maximum absolute atomic E-state index is 14.6. The summed E-state index contributed by atoms with van der Waals surface area (Å²) in [5.74, 6) is 0.712. The lowest BCUT2D eigenvalue weighted by Gasteiger charge is -2.24. The number of aromatic amines is 2. The van der Waals surface area contributed by atoms with E-state index >= 15 is 0 Å². The first-order valence-electron chi connectivity index (χ1n) is 14.6. The lowest BCUT2D eigenvalue weighted by Crippen LogP contribution is -2.28. The third kappa shape index (κ3) is 5.49. The Balaban J connectivity index is 1.21.